The van der Waals surface area contributed by atoms with Crippen molar-refractivity contribution in [1.29, 1.82) is 0 Å². The normalized spacial score (nSPS) is 17.0. The van der Waals surface area contributed by atoms with E-state index in [1.165, 1.54) is 11.3 Å². The van der Waals surface area contributed by atoms with Crippen molar-refractivity contribution in [3.8, 4) is 0 Å². The number of amides is 2. The number of hydrogen-bond donors (Lipinski definition) is 2. The molecular formula is C16H17N3O3S. The predicted molar refractivity (Wildman–Crippen MR) is 88.8 cm³/mol. The lowest BCUT2D eigenvalue weighted by Crippen LogP contribution is -2.24. The molecule has 1 aliphatic heterocycles. The average molecular weight is 331 g/mol. The third kappa shape index (κ3) is 3.57. The van der Waals surface area contributed by atoms with Crippen molar-refractivity contribution >= 4 is 34.0 Å². The fourth-order valence-corrected chi connectivity index (χ4v) is 2.97. The molecule has 2 N–H and O–H groups in total. The highest BCUT2D eigenvalue weighted by Gasteiger charge is 2.24. The van der Waals surface area contributed by atoms with Gasteiger partial charge in [0.1, 0.15) is 0 Å². The summed E-state index contributed by atoms with van der Waals surface area (Å²) in [6.45, 7) is 2.89. The van der Waals surface area contributed by atoms with E-state index in [0.717, 1.165) is 12.0 Å². The maximum atomic E-state index is 12.3. The van der Waals surface area contributed by atoms with Gasteiger partial charge in [-0.25, -0.2) is 4.98 Å². The number of nitrogens with one attached hydrogen (secondary N) is 2. The van der Waals surface area contributed by atoms with E-state index in [2.05, 4.69) is 15.6 Å². The SMILES string of the molecule is Cc1c(NC(=O)[C@@H]2CCOC2)cccc1C(=O)Nc1nccs1. The van der Waals surface area contributed by atoms with Crippen LogP contribution in [-0.2, 0) is 9.53 Å². The van der Waals surface area contributed by atoms with Gasteiger partial charge in [0.25, 0.3) is 5.91 Å². The third-order valence-electron chi connectivity index (χ3n) is 3.79. The van der Waals surface area contributed by atoms with Crippen LogP contribution in [0.25, 0.3) is 0 Å². The maximum absolute atomic E-state index is 12.3. The zero-order valence-corrected chi connectivity index (χ0v) is 13.5. The monoisotopic (exact) mass is 331 g/mol. The van der Waals surface area contributed by atoms with Crippen molar-refractivity contribution < 1.29 is 14.3 Å². The Morgan fingerprint density at radius 2 is 2.22 bits per heavy atom. The van der Waals surface area contributed by atoms with E-state index in [4.69, 9.17) is 4.74 Å². The first-order valence-electron chi connectivity index (χ1n) is 7.34. The number of rotatable bonds is 4. The van der Waals surface area contributed by atoms with Crippen LogP contribution in [0.1, 0.15) is 22.3 Å². The van der Waals surface area contributed by atoms with Crippen LogP contribution >= 0.6 is 11.3 Å². The van der Waals surface area contributed by atoms with Gasteiger partial charge in [0, 0.05) is 29.4 Å². The number of carbonyl (C=O) groups excluding carboxylic acids is 2. The summed E-state index contributed by atoms with van der Waals surface area (Å²) in [6, 6.07) is 5.28. The molecule has 0 unspecified atom stereocenters. The van der Waals surface area contributed by atoms with Gasteiger partial charge in [-0.15, -0.1) is 11.3 Å². The molecule has 2 amide bonds. The second-order valence-electron chi connectivity index (χ2n) is 5.32. The minimum atomic E-state index is -0.238. The van der Waals surface area contributed by atoms with E-state index in [1.54, 1.807) is 29.8 Å². The zero-order valence-electron chi connectivity index (χ0n) is 12.7. The summed E-state index contributed by atoms with van der Waals surface area (Å²) in [7, 11) is 0. The molecule has 1 atom stereocenters. The summed E-state index contributed by atoms with van der Waals surface area (Å²) < 4.78 is 5.24. The van der Waals surface area contributed by atoms with Gasteiger partial charge in [-0.3, -0.25) is 14.9 Å². The summed E-state index contributed by atoms with van der Waals surface area (Å²) in [5, 5.41) is 7.99. The van der Waals surface area contributed by atoms with Crippen LogP contribution in [-0.4, -0.2) is 30.0 Å². The summed E-state index contributed by atoms with van der Waals surface area (Å²) in [4.78, 5) is 28.6. The van der Waals surface area contributed by atoms with Crippen molar-refractivity contribution in [2.45, 2.75) is 13.3 Å². The quantitative estimate of drug-likeness (QED) is 0.902. The molecule has 1 aromatic heterocycles. The highest BCUT2D eigenvalue weighted by Crippen LogP contribution is 2.23. The Hall–Kier alpha value is -2.25. The van der Waals surface area contributed by atoms with Gasteiger partial charge in [0.2, 0.25) is 5.91 Å². The highest BCUT2D eigenvalue weighted by atomic mass is 32.1. The van der Waals surface area contributed by atoms with Gasteiger partial charge < -0.3 is 10.1 Å². The Kier molecular flexibility index (Phi) is 4.68. The largest absolute Gasteiger partial charge is 0.381 e. The maximum Gasteiger partial charge on any atom is 0.257 e. The number of thiazole rings is 1. The molecule has 0 aliphatic carbocycles. The lowest BCUT2D eigenvalue weighted by Gasteiger charge is -2.14. The Morgan fingerprint density at radius 1 is 1.35 bits per heavy atom. The smallest absolute Gasteiger partial charge is 0.257 e. The first-order valence-corrected chi connectivity index (χ1v) is 8.22. The van der Waals surface area contributed by atoms with E-state index in [-0.39, 0.29) is 17.7 Å². The van der Waals surface area contributed by atoms with E-state index in [9.17, 15) is 9.59 Å². The van der Waals surface area contributed by atoms with E-state index in [0.29, 0.717) is 29.6 Å². The zero-order chi connectivity index (χ0) is 16.2. The number of ether oxygens (including phenoxy) is 1. The molecule has 23 heavy (non-hydrogen) atoms. The molecule has 1 fully saturated rings. The highest BCUT2D eigenvalue weighted by molar-refractivity contribution is 7.13. The molecule has 0 bridgehead atoms. The average Bonchev–Trinajstić information content (AvgIpc) is 3.22. The summed E-state index contributed by atoms with van der Waals surface area (Å²) >= 11 is 1.36. The molecule has 0 spiro atoms. The van der Waals surface area contributed by atoms with Crippen molar-refractivity contribution in [3.63, 3.8) is 0 Å². The second kappa shape index (κ2) is 6.89. The summed E-state index contributed by atoms with van der Waals surface area (Å²) in [5.74, 6) is -0.428. The van der Waals surface area contributed by atoms with Crippen LogP contribution in [0.3, 0.4) is 0 Å². The van der Waals surface area contributed by atoms with Crippen LogP contribution in [0.2, 0.25) is 0 Å². The lowest BCUT2D eigenvalue weighted by molar-refractivity contribution is -0.119. The summed E-state index contributed by atoms with van der Waals surface area (Å²) in [5.41, 5.74) is 1.89. The molecule has 2 aromatic rings. The number of benzene rings is 1. The number of nitrogens with zero attached hydrogens (tertiary/aromatic N) is 1. The van der Waals surface area contributed by atoms with E-state index in [1.807, 2.05) is 6.92 Å². The van der Waals surface area contributed by atoms with Crippen LogP contribution in [0.5, 0.6) is 0 Å². The molecule has 1 aliphatic rings. The van der Waals surface area contributed by atoms with Gasteiger partial charge in [-0.2, -0.15) is 0 Å². The molecule has 3 rings (SSSR count). The Labute approximate surface area is 137 Å². The Bertz CT molecular complexity index is 709. The lowest BCUT2D eigenvalue weighted by atomic mass is 10.0. The predicted octanol–water partition coefficient (Wildman–Crippen LogP) is 2.68. The fraction of sp³-hybridized carbons (Fsp3) is 0.312. The van der Waals surface area contributed by atoms with Gasteiger partial charge in [0.05, 0.1) is 12.5 Å². The molecule has 6 nitrogen and oxygen atoms in total. The standard InChI is InChI=1S/C16H17N3O3S/c1-10-12(15(21)19-16-17-6-8-23-16)3-2-4-13(10)18-14(20)11-5-7-22-9-11/h2-4,6,8,11H,5,7,9H2,1H3,(H,18,20)(H,17,19,21)/t11-/m1/s1. The fourth-order valence-electron chi connectivity index (χ4n) is 2.44. The first-order chi connectivity index (χ1) is 11.1. The van der Waals surface area contributed by atoms with Gasteiger partial charge in [0.15, 0.2) is 5.13 Å². The minimum Gasteiger partial charge on any atom is -0.381 e. The third-order valence-corrected chi connectivity index (χ3v) is 4.48. The van der Waals surface area contributed by atoms with Gasteiger partial charge >= 0.3 is 0 Å². The number of aromatic nitrogens is 1. The molecule has 120 valence electrons. The second-order valence-corrected chi connectivity index (χ2v) is 6.21. The number of hydrogen-bond acceptors (Lipinski definition) is 5. The molecule has 7 heteroatoms. The summed E-state index contributed by atoms with van der Waals surface area (Å²) in [6.07, 6.45) is 2.36. The Balaban J connectivity index is 1.75. The molecule has 1 aromatic carbocycles. The van der Waals surface area contributed by atoms with Crippen LogP contribution in [0.4, 0.5) is 10.8 Å². The minimum absolute atomic E-state index is 0.0666. The molecule has 0 radical (unpaired) electrons. The van der Waals surface area contributed by atoms with Crippen LogP contribution < -0.4 is 10.6 Å². The van der Waals surface area contributed by atoms with Crippen LogP contribution in [0, 0.1) is 12.8 Å². The van der Waals surface area contributed by atoms with Crippen molar-refractivity contribution in [2.24, 2.45) is 5.92 Å². The number of carbonyl (C=O) groups is 2. The van der Waals surface area contributed by atoms with Gasteiger partial charge in [-0.1, -0.05) is 6.07 Å². The van der Waals surface area contributed by atoms with Gasteiger partial charge in [-0.05, 0) is 31.0 Å². The van der Waals surface area contributed by atoms with Crippen molar-refractivity contribution in [1.82, 2.24) is 4.98 Å². The van der Waals surface area contributed by atoms with Crippen molar-refractivity contribution in [3.05, 3.63) is 40.9 Å². The molecule has 1 saturated heterocycles. The van der Waals surface area contributed by atoms with Crippen LogP contribution in [0.15, 0.2) is 29.8 Å². The number of anilines is 2. The van der Waals surface area contributed by atoms with E-state index < -0.39 is 0 Å². The first kappa shape index (κ1) is 15.6. The van der Waals surface area contributed by atoms with Crippen molar-refractivity contribution in [2.75, 3.05) is 23.8 Å². The molecular weight excluding hydrogens is 314 g/mol. The Morgan fingerprint density at radius 3 is 2.91 bits per heavy atom. The topological polar surface area (TPSA) is 80.3 Å². The molecule has 2 heterocycles. The molecule has 0 saturated carbocycles. The van der Waals surface area contributed by atoms with E-state index >= 15 is 0 Å².